The van der Waals surface area contributed by atoms with Gasteiger partial charge >= 0.3 is 5.97 Å². The van der Waals surface area contributed by atoms with E-state index in [1.807, 2.05) is 26.0 Å². The normalized spacial score (nSPS) is 11.2. The van der Waals surface area contributed by atoms with Crippen LogP contribution in [0.4, 0.5) is 0 Å². The molecule has 0 atom stereocenters. The second-order valence-electron chi connectivity index (χ2n) is 5.31. The number of rotatable bonds is 7. The van der Waals surface area contributed by atoms with Crippen LogP contribution in [0.1, 0.15) is 19.4 Å². The Morgan fingerprint density at radius 2 is 1.79 bits per heavy atom. The standard InChI is InChI=1S/C19H20O5/c1-13(2)23-14-7-6-8-15(11-14)24-18-10-5-4-9-16(18)17(12-22-3)19(20)21/h4-13H,1-3H3,(H,20,21). The molecule has 0 unspecified atom stereocenters. The number of benzene rings is 2. The molecule has 0 radical (unpaired) electrons. The molecule has 0 heterocycles. The summed E-state index contributed by atoms with van der Waals surface area (Å²) in [4.78, 5) is 11.4. The van der Waals surface area contributed by atoms with Crippen molar-refractivity contribution in [2.75, 3.05) is 7.11 Å². The Morgan fingerprint density at radius 3 is 2.46 bits per heavy atom. The van der Waals surface area contributed by atoms with E-state index in [4.69, 9.17) is 14.2 Å². The topological polar surface area (TPSA) is 65.0 Å². The summed E-state index contributed by atoms with van der Waals surface area (Å²) >= 11 is 0. The lowest BCUT2D eigenvalue weighted by molar-refractivity contribution is -0.130. The third-order valence-corrected chi connectivity index (χ3v) is 3.05. The van der Waals surface area contributed by atoms with Gasteiger partial charge in [-0.2, -0.15) is 0 Å². The summed E-state index contributed by atoms with van der Waals surface area (Å²) in [5, 5.41) is 9.37. The molecule has 2 aromatic carbocycles. The quantitative estimate of drug-likeness (QED) is 0.605. The second-order valence-corrected chi connectivity index (χ2v) is 5.31. The van der Waals surface area contributed by atoms with E-state index in [9.17, 15) is 9.90 Å². The zero-order valence-corrected chi connectivity index (χ0v) is 13.9. The van der Waals surface area contributed by atoms with E-state index in [-0.39, 0.29) is 11.7 Å². The zero-order chi connectivity index (χ0) is 17.5. The molecule has 0 aliphatic heterocycles. The smallest absolute Gasteiger partial charge is 0.339 e. The van der Waals surface area contributed by atoms with Crippen molar-refractivity contribution in [1.82, 2.24) is 0 Å². The number of carbonyl (C=O) groups is 1. The van der Waals surface area contributed by atoms with E-state index >= 15 is 0 Å². The third kappa shape index (κ3) is 4.52. The Kier molecular flexibility index (Phi) is 5.84. The maximum absolute atomic E-state index is 11.4. The molecule has 24 heavy (non-hydrogen) atoms. The van der Waals surface area contributed by atoms with Crippen LogP contribution in [-0.4, -0.2) is 24.3 Å². The monoisotopic (exact) mass is 328 g/mol. The van der Waals surface area contributed by atoms with Crippen LogP contribution in [0.3, 0.4) is 0 Å². The summed E-state index contributed by atoms with van der Waals surface area (Å²) in [5.41, 5.74) is 0.449. The van der Waals surface area contributed by atoms with Crippen LogP contribution < -0.4 is 9.47 Å². The minimum absolute atomic E-state index is 0.0164. The van der Waals surface area contributed by atoms with Crippen molar-refractivity contribution in [1.29, 1.82) is 0 Å². The largest absolute Gasteiger partial charge is 0.503 e. The number of methoxy groups -OCH3 is 1. The van der Waals surface area contributed by atoms with Crippen LogP contribution in [0.5, 0.6) is 17.2 Å². The molecule has 2 rings (SSSR count). The molecule has 0 aliphatic rings. The number of carboxylic acids is 1. The van der Waals surface area contributed by atoms with Gasteiger partial charge in [0.2, 0.25) is 0 Å². The highest BCUT2D eigenvalue weighted by atomic mass is 16.5. The van der Waals surface area contributed by atoms with Crippen LogP contribution in [0.25, 0.3) is 5.57 Å². The van der Waals surface area contributed by atoms with Gasteiger partial charge in [-0.25, -0.2) is 4.79 Å². The number of hydrogen-bond donors (Lipinski definition) is 1. The van der Waals surface area contributed by atoms with Gasteiger partial charge in [0.1, 0.15) is 22.8 Å². The van der Waals surface area contributed by atoms with E-state index in [0.29, 0.717) is 22.8 Å². The minimum atomic E-state index is -1.09. The average Bonchev–Trinajstić information content (AvgIpc) is 2.53. The highest BCUT2D eigenvalue weighted by Gasteiger charge is 2.16. The molecule has 126 valence electrons. The molecule has 0 amide bonds. The van der Waals surface area contributed by atoms with Gasteiger partial charge in [-0.15, -0.1) is 0 Å². The van der Waals surface area contributed by atoms with E-state index in [1.165, 1.54) is 13.4 Å². The molecular formula is C19H20O5. The first-order valence-corrected chi connectivity index (χ1v) is 7.51. The first kappa shape index (κ1) is 17.4. The van der Waals surface area contributed by atoms with Crippen LogP contribution in [0.15, 0.2) is 54.8 Å². The summed E-state index contributed by atoms with van der Waals surface area (Å²) in [7, 11) is 1.40. The molecule has 0 spiro atoms. The zero-order valence-electron chi connectivity index (χ0n) is 13.9. The highest BCUT2D eigenvalue weighted by Crippen LogP contribution is 2.32. The summed E-state index contributed by atoms with van der Waals surface area (Å²) in [6.07, 6.45) is 1.24. The summed E-state index contributed by atoms with van der Waals surface area (Å²) in [5.74, 6) is 0.573. The fourth-order valence-electron chi connectivity index (χ4n) is 2.14. The molecule has 5 nitrogen and oxygen atoms in total. The van der Waals surface area contributed by atoms with E-state index < -0.39 is 5.97 Å². The number of para-hydroxylation sites is 1. The highest BCUT2D eigenvalue weighted by molar-refractivity contribution is 6.15. The maximum Gasteiger partial charge on any atom is 0.339 e. The van der Waals surface area contributed by atoms with Crippen molar-refractivity contribution in [2.45, 2.75) is 20.0 Å². The van der Waals surface area contributed by atoms with Crippen LogP contribution in [-0.2, 0) is 9.53 Å². The predicted octanol–water partition coefficient (Wildman–Crippen LogP) is 4.34. The summed E-state index contributed by atoms with van der Waals surface area (Å²) < 4.78 is 16.4. The van der Waals surface area contributed by atoms with Crippen molar-refractivity contribution < 1.29 is 24.1 Å². The lowest BCUT2D eigenvalue weighted by atomic mass is 10.1. The molecule has 0 aromatic heterocycles. The third-order valence-electron chi connectivity index (χ3n) is 3.05. The van der Waals surface area contributed by atoms with Crippen molar-refractivity contribution in [3.63, 3.8) is 0 Å². The minimum Gasteiger partial charge on any atom is -0.503 e. The number of carboxylic acid groups (broad SMARTS) is 1. The van der Waals surface area contributed by atoms with Crippen LogP contribution in [0.2, 0.25) is 0 Å². The molecule has 0 bridgehead atoms. The van der Waals surface area contributed by atoms with E-state index in [0.717, 1.165) is 0 Å². The molecule has 0 saturated heterocycles. The molecule has 0 fully saturated rings. The Bertz CT molecular complexity index is 734. The van der Waals surface area contributed by atoms with Crippen LogP contribution in [0, 0.1) is 0 Å². The SMILES string of the molecule is COC=C(C(=O)O)c1ccccc1Oc1cccc(OC(C)C)c1. The van der Waals surface area contributed by atoms with Gasteiger partial charge in [0, 0.05) is 11.6 Å². The lowest BCUT2D eigenvalue weighted by Crippen LogP contribution is -2.05. The van der Waals surface area contributed by atoms with E-state index in [2.05, 4.69) is 0 Å². The molecule has 1 N–H and O–H groups in total. The lowest BCUT2D eigenvalue weighted by Gasteiger charge is -2.14. The fourth-order valence-corrected chi connectivity index (χ4v) is 2.14. The maximum atomic E-state index is 11.4. The van der Waals surface area contributed by atoms with Gasteiger partial charge in [0.05, 0.1) is 19.5 Å². The number of ether oxygens (including phenoxy) is 3. The van der Waals surface area contributed by atoms with Crippen molar-refractivity contribution in [2.24, 2.45) is 0 Å². The van der Waals surface area contributed by atoms with Crippen molar-refractivity contribution in [3.8, 4) is 17.2 Å². The van der Waals surface area contributed by atoms with Crippen LogP contribution >= 0.6 is 0 Å². The van der Waals surface area contributed by atoms with Gasteiger partial charge in [-0.3, -0.25) is 0 Å². The Morgan fingerprint density at radius 1 is 1.08 bits per heavy atom. The first-order chi connectivity index (χ1) is 11.5. The molecule has 5 heteroatoms. The van der Waals surface area contributed by atoms with Gasteiger partial charge in [0.15, 0.2) is 0 Å². The molecular weight excluding hydrogens is 308 g/mol. The number of hydrogen-bond acceptors (Lipinski definition) is 4. The molecule has 0 aliphatic carbocycles. The Balaban J connectivity index is 2.34. The van der Waals surface area contributed by atoms with Gasteiger partial charge in [0.25, 0.3) is 0 Å². The number of aliphatic carboxylic acids is 1. The van der Waals surface area contributed by atoms with Gasteiger partial charge in [-0.1, -0.05) is 24.3 Å². The average molecular weight is 328 g/mol. The summed E-state index contributed by atoms with van der Waals surface area (Å²) in [6.45, 7) is 3.88. The van der Waals surface area contributed by atoms with Crippen molar-refractivity contribution >= 4 is 11.5 Å². The van der Waals surface area contributed by atoms with E-state index in [1.54, 1.807) is 36.4 Å². The van der Waals surface area contributed by atoms with Gasteiger partial charge < -0.3 is 19.3 Å². The Labute approximate surface area is 141 Å². The Hall–Kier alpha value is -2.95. The molecule has 2 aromatic rings. The fraction of sp³-hybridized carbons (Fsp3) is 0.211. The predicted molar refractivity (Wildman–Crippen MR) is 91.3 cm³/mol. The summed E-state index contributed by atoms with van der Waals surface area (Å²) in [6, 6.07) is 14.1. The van der Waals surface area contributed by atoms with Gasteiger partial charge in [-0.05, 0) is 32.0 Å². The van der Waals surface area contributed by atoms with Crippen molar-refractivity contribution in [3.05, 3.63) is 60.4 Å². The molecule has 0 saturated carbocycles. The first-order valence-electron chi connectivity index (χ1n) is 7.51. The second kappa shape index (κ2) is 8.06.